The first kappa shape index (κ1) is 35.2. The molecule has 0 spiro atoms. The first-order chi connectivity index (χ1) is 21.3. The van der Waals surface area contributed by atoms with Crippen molar-refractivity contribution in [3.63, 3.8) is 0 Å². The highest BCUT2D eigenvalue weighted by molar-refractivity contribution is 7.90. The van der Waals surface area contributed by atoms with Crippen LogP contribution in [0.5, 0.6) is 0 Å². The van der Waals surface area contributed by atoms with Crippen LogP contribution in [0.25, 0.3) is 17.3 Å². The fraction of sp³-hybridized carbons (Fsp3) is 0.0645. The molecule has 5 N–H and O–H groups in total. The lowest BCUT2D eigenvalue weighted by Crippen LogP contribution is -2.15. The van der Waals surface area contributed by atoms with Gasteiger partial charge in [0.15, 0.2) is 0 Å². The Morgan fingerprint density at radius 1 is 0.822 bits per heavy atom. The Hall–Kier alpha value is -6.02. The van der Waals surface area contributed by atoms with Crippen molar-refractivity contribution in [1.29, 1.82) is 0 Å². The maximum Gasteiger partial charge on any atom is 0.335 e. The Bertz CT molecular complexity index is 1740. The Labute approximate surface area is 258 Å². The van der Waals surface area contributed by atoms with Crippen LogP contribution < -0.4 is 5.32 Å². The van der Waals surface area contributed by atoms with Crippen molar-refractivity contribution >= 4 is 45.7 Å². The largest absolute Gasteiger partial charge is 0.478 e. The van der Waals surface area contributed by atoms with Gasteiger partial charge >= 0.3 is 23.9 Å². The first-order valence-electron chi connectivity index (χ1n) is 12.8. The van der Waals surface area contributed by atoms with E-state index in [1.807, 2.05) is 48.5 Å². The molecule has 0 amide bonds. The average Bonchev–Trinajstić information content (AvgIpc) is 3.48. The molecule has 0 unspecified atom stereocenters. The van der Waals surface area contributed by atoms with E-state index in [9.17, 15) is 27.6 Å². The molecule has 0 aliphatic carbocycles. The Balaban J connectivity index is 0.000000292. The Morgan fingerprint density at radius 2 is 1.42 bits per heavy atom. The van der Waals surface area contributed by atoms with E-state index in [0.29, 0.717) is 17.8 Å². The summed E-state index contributed by atoms with van der Waals surface area (Å²) in [4.78, 5) is 43.9. The molecule has 2 aromatic carbocycles. The van der Waals surface area contributed by atoms with Gasteiger partial charge in [0.2, 0.25) is 10.0 Å². The quantitative estimate of drug-likeness (QED) is 0.155. The normalized spacial score (nSPS) is 10.7. The van der Waals surface area contributed by atoms with Gasteiger partial charge in [0.05, 0.1) is 28.3 Å². The lowest BCUT2D eigenvalue weighted by molar-refractivity contribution is -0.134. The van der Waals surface area contributed by atoms with E-state index in [4.69, 9.17) is 20.4 Å². The number of pyridine rings is 1. The van der Waals surface area contributed by atoms with Gasteiger partial charge in [-0.15, -0.1) is 0 Å². The minimum absolute atomic E-state index is 0.0186. The number of carboxylic acids is 4. The molecule has 0 fully saturated rings. The van der Waals surface area contributed by atoms with Gasteiger partial charge in [0.25, 0.3) is 0 Å². The third-order valence-electron chi connectivity index (χ3n) is 5.47. The van der Waals surface area contributed by atoms with Gasteiger partial charge in [-0.05, 0) is 41.5 Å². The second-order valence-electron chi connectivity index (χ2n) is 8.69. The van der Waals surface area contributed by atoms with E-state index < -0.39 is 33.9 Å². The Morgan fingerprint density at radius 3 is 1.91 bits per heavy atom. The standard InChI is InChI=1S/C19H19N3O2S.C8H6O4.C4H4O4/c1-20-18-13-19(17-9-3-2-4-10-17)22(15-18)25(23,24)12-6-8-16-7-5-11-21-14-16;9-7(10)5-2-1-3-6(4-5)8(11)12;5-3(6)1-2-4(7)8/h2-11,13-15,20H,12H2,1H3;1-4H,(H,9,10)(H,11,12);1-2H,(H,5,6)(H,7,8)/b;;2-1+. The molecule has 234 valence electrons. The van der Waals surface area contributed by atoms with Crippen LogP contribution in [0, 0.1) is 0 Å². The van der Waals surface area contributed by atoms with Gasteiger partial charge in [-0.2, -0.15) is 0 Å². The van der Waals surface area contributed by atoms with Gasteiger partial charge < -0.3 is 25.7 Å². The van der Waals surface area contributed by atoms with Crippen LogP contribution in [0.15, 0.2) is 110 Å². The highest BCUT2D eigenvalue weighted by atomic mass is 32.2. The molecule has 0 radical (unpaired) electrons. The summed E-state index contributed by atoms with van der Waals surface area (Å²) in [6, 6.07) is 20.2. The van der Waals surface area contributed by atoms with Crippen molar-refractivity contribution in [3.8, 4) is 11.3 Å². The minimum Gasteiger partial charge on any atom is -0.478 e. The van der Waals surface area contributed by atoms with E-state index in [1.54, 1.807) is 37.8 Å². The zero-order valence-corrected chi connectivity index (χ0v) is 24.5. The number of anilines is 1. The van der Waals surface area contributed by atoms with Gasteiger partial charge in [0, 0.05) is 37.8 Å². The zero-order chi connectivity index (χ0) is 33.4. The lowest BCUT2D eigenvalue weighted by Gasteiger charge is -2.08. The minimum atomic E-state index is -3.53. The molecule has 45 heavy (non-hydrogen) atoms. The number of rotatable bonds is 10. The van der Waals surface area contributed by atoms with Gasteiger partial charge in [-0.25, -0.2) is 31.6 Å². The lowest BCUT2D eigenvalue weighted by atomic mass is 10.1. The van der Waals surface area contributed by atoms with Crippen molar-refractivity contribution in [2.45, 2.75) is 0 Å². The molecule has 0 atom stereocenters. The molecular formula is C31H29N3O10S. The summed E-state index contributed by atoms with van der Waals surface area (Å²) in [5.41, 5.74) is 3.07. The molecule has 0 saturated carbocycles. The summed E-state index contributed by atoms with van der Waals surface area (Å²) in [5.74, 6) is -4.87. The third-order valence-corrected chi connectivity index (χ3v) is 6.99. The number of aliphatic carboxylic acids is 2. The number of nitrogens with zero attached hydrogens (tertiary/aromatic N) is 2. The fourth-order valence-electron chi connectivity index (χ4n) is 3.42. The second-order valence-corrected chi connectivity index (χ2v) is 10.6. The molecule has 14 heteroatoms. The van der Waals surface area contributed by atoms with E-state index in [1.165, 1.54) is 22.2 Å². The monoisotopic (exact) mass is 635 g/mol. The van der Waals surface area contributed by atoms with Crippen molar-refractivity contribution in [2.24, 2.45) is 0 Å². The molecule has 0 bridgehead atoms. The molecular weight excluding hydrogens is 606 g/mol. The summed E-state index contributed by atoms with van der Waals surface area (Å²) < 4.78 is 27.0. The molecule has 13 nitrogen and oxygen atoms in total. The number of benzene rings is 2. The topological polar surface area (TPSA) is 213 Å². The van der Waals surface area contributed by atoms with Crippen LogP contribution in [-0.2, 0) is 19.6 Å². The smallest absolute Gasteiger partial charge is 0.335 e. The van der Waals surface area contributed by atoms with E-state index in [0.717, 1.165) is 22.9 Å². The maximum absolute atomic E-state index is 12.8. The zero-order valence-electron chi connectivity index (χ0n) is 23.7. The summed E-state index contributed by atoms with van der Waals surface area (Å²) in [6.45, 7) is 0. The average molecular weight is 636 g/mol. The number of carboxylic acid groups (broad SMARTS) is 4. The van der Waals surface area contributed by atoms with Gasteiger partial charge in [-0.3, -0.25) is 4.98 Å². The second kappa shape index (κ2) is 17.2. The van der Waals surface area contributed by atoms with Crippen LogP contribution in [0.3, 0.4) is 0 Å². The van der Waals surface area contributed by atoms with Crippen molar-refractivity contribution in [1.82, 2.24) is 8.96 Å². The number of aromatic nitrogens is 2. The molecule has 2 heterocycles. The number of hydrogen-bond acceptors (Lipinski definition) is 8. The SMILES string of the molecule is CNc1cc(-c2ccccc2)n(S(=O)(=O)CC=Cc2cccnc2)c1.O=C(O)/C=C/C(=O)O.O=C(O)c1cccc(C(=O)O)c1. The van der Waals surface area contributed by atoms with Crippen LogP contribution >= 0.6 is 0 Å². The number of aromatic carboxylic acids is 2. The molecule has 0 saturated heterocycles. The van der Waals surface area contributed by atoms with E-state index >= 15 is 0 Å². The molecule has 4 aromatic rings. The predicted molar refractivity (Wildman–Crippen MR) is 167 cm³/mol. The maximum atomic E-state index is 12.8. The summed E-state index contributed by atoms with van der Waals surface area (Å²) in [7, 11) is -1.76. The predicted octanol–water partition coefficient (Wildman–Crippen LogP) is 4.28. The van der Waals surface area contributed by atoms with Gasteiger partial charge in [0.1, 0.15) is 0 Å². The molecule has 4 rings (SSSR count). The van der Waals surface area contributed by atoms with E-state index in [-0.39, 0.29) is 16.9 Å². The first-order valence-corrected chi connectivity index (χ1v) is 14.4. The number of carbonyl (C=O) groups is 4. The third kappa shape index (κ3) is 12.0. The van der Waals surface area contributed by atoms with Crippen molar-refractivity contribution in [2.75, 3.05) is 18.1 Å². The molecule has 0 aliphatic heterocycles. The number of hydrogen-bond donors (Lipinski definition) is 5. The van der Waals surface area contributed by atoms with Crippen LogP contribution in [0.1, 0.15) is 26.3 Å². The van der Waals surface area contributed by atoms with Crippen molar-refractivity contribution in [3.05, 3.63) is 126 Å². The summed E-state index contributed by atoms with van der Waals surface area (Å²) >= 11 is 0. The summed E-state index contributed by atoms with van der Waals surface area (Å²) in [5, 5.41) is 35.6. The van der Waals surface area contributed by atoms with Gasteiger partial charge in [-0.1, -0.05) is 54.6 Å². The van der Waals surface area contributed by atoms with Crippen LogP contribution in [0.4, 0.5) is 5.69 Å². The van der Waals surface area contributed by atoms with Crippen molar-refractivity contribution < 1.29 is 48.0 Å². The fourth-order valence-corrected chi connectivity index (χ4v) is 4.65. The van der Waals surface area contributed by atoms with E-state index in [2.05, 4.69) is 10.3 Å². The van der Waals surface area contributed by atoms with Crippen LogP contribution in [-0.4, -0.2) is 74.5 Å². The number of nitrogens with one attached hydrogen (secondary N) is 1. The highest BCUT2D eigenvalue weighted by Crippen LogP contribution is 2.26. The summed E-state index contributed by atoms with van der Waals surface area (Å²) in [6.07, 6.45) is 9.49. The molecule has 0 aliphatic rings. The highest BCUT2D eigenvalue weighted by Gasteiger charge is 2.18. The molecule has 2 aromatic heterocycles. The van der Waals surface area contributed by atoms with Crippen LogP contribution in [0.2, 0.25) is 0 Å². The Kier molecular flexibility index (Phi) is 13.4.